The molecule has 3 nitrogen and oxygen atoms in total. The standard InChI is InChI=1S/C15H23BClNO2/c1-13(2,3)11-8-10(9-18-12(11)17)16-19-14(4,5)15(6,7)20-16/h8-9H,1-7H3. The van der Waals surface area contributed by atoms with Crippen LogP contribution in [0.25, 0.3) is 0 Å². The molecule has 2 rings (SSSR count). The first kappa shape index (κ1) is 15.8. The summed E-state index contributed by atoms with van der Waals surface area (Å²) in [7, 11) is -0.397. The van der Waals surface area contributed by atoms with Gasteiger partial charge in [0.25, 0.3) is 0 Å². The Kier molecular flexibility index (Phi) is 3.73. The first-order valence-corrected chi connectivity index (χ1v) is 7.33. The van der Waals surface area contributed by atoms with Gasteiger partial charge in [0, 0.05) is 11.7 Å². The predicted molar refractivity (Wildman–Crippen MR) is 83.7 cm³/mol. The van der Waals surface area contributed by atoms with Gasteiger partial charge in [-0.3, -0.25) is 0 Å². The van der Waals surface area contributed by atoms with Crippen LogP contribution in [0.5, 0.6) is 0 Å². The highest BCUT2D eigenvalue weighted by Crippen LogP contribution is 2.37. The fourth-order valence-electron chi connectivity index (χ4n) is 2.10. The third-order valence-corrected chi connectivity index (χ3v) is 4.49. The van der Waals surface area contributed by atoms with E-state index in [1.54, 1.807) is 6.20 Å². The van der Waals surface area contributed by atoms with Gasteiger partial charge in [0.1, 0.15) is 5.15 Å². The zero-order chi connectivity index (χ0) is 15.3. The van der Waals surface area contributed by atoms with E-state index >= 15 is 0 Å². The number of aromatic nitrogens is 1. The topological polar surface area (TPSA) is 31.4 Å². The van der Waals surface area contributed by atoms with Gasteiger partial charge in [-0.25, -0.2) is 4.98 Å². The lowest BCUT2D eigenvalue weighted by Gasteiger charge is -2.32. The molecule has 20 heavy (non-hydrogen) atoms. The minimum Gasteiger partial charge on any atom is -0.399 e. The highest BCUT2D eigenvalue weighted by Gasteiger charge is 2.52. The highest BCUT2D eigenvalue weighted by molar-refractivity contribution is 6.62. The van der Waals surface area contributed by atoms with E-state index in [9.17, 15) is 0 Å². The van der Waals surface area contributed by atoms with Gasteiger partial charge in [0.2, 0.25) is 0 Å². The summed E-state index contributed by atoms with van der Waals surface area (Å²) in [6.07, 6.45) is 1.74. The van der Waals surface area contributed by atoms with Crippen molar-refractivity contribution < 1.29 is 9.31 Å². The largest absolute Gasteiger partial charge is 0.496 e. The molecule has 1 fully saturated rings. The maximum atomic E-state index is 6.21. The molecule has 0 amide bonds. The molecule has 0 atom stereocenters. The molecule has 0 unspecified atom stereocenters. The Balaban J connectivity index is 2.37. The molecule has 1 aliphatic rings. The lowest BCUT2D eigenvalue weighted by Crippen LogP contribution is -2.41. The van der Waals surface area contributed by atoms with Crippen LogP contribution in [0.2, 0.25) is 5.15 Å². The van der Waals surface area contributed by atoms with Crippen LogP contribution in [-0.2, 0) is 14.7 Å². The molecular formula is C15H23BClNO2. The van der Waals surface area contributed by atoms with Crippen LogP contribution in [0.4, 0.5) is 0 Å². The first-order valence-electron chi connectivity index (χ1n) is 6.96. The predicted octanol–water partition coefficient (Wildman–Crippen LogP) is 3.33. The second kappa shape index (κ2) is 4.72. The fraction of sp³-hybridized carbons (Fsp3) is 0.667. The van der Waals surface area contributed by atoms with Crippen LogP contribution < -0.4 is 5.46 Å². The molecule has 1 saturated heterocycles. The van der Waals surface area contributed by atoms with Crippen molar-refractivity contribution in [1.82, 2.24) is 4.98 Å². The van der Waals surface area contributed by atoms with E-state index in [0.29, 0.717) is 5.15 Å². The molecule has 5 heteroatoms. The molecule has 0 radical (unpaired) electrons. The normalized spacial score (nSPS) is 21.3. The van der Waals surface area contributed by atoms with Crippen molar-refractivity contribution in [3.63, 3.8) is 0 Å². The second-order valence-electron chi connectivity index (χ2n) is 7.45. The third-order valence-electron chi connectivity index (χ3n) is 4.19. The summed E-state index contributed by atoms with van der Waals surface area (Å²) in [6.45, 7) is 14.5. The fourth-order valence-corrected chi connectivity index (χ4v) is 2.49. The Hall–Kier alpha value is -0.575. The Labute approximate surface area is 127 Å². The summed E-state index contributed by atoms with van der Waals surface area (Å²) in [6, 6.07) is 2.04. The molecule has 0 aromatic carbocycles. The van der Waals surface area contributed by atoms with Crippen LogP contribution in [-0.4, -0.2) is 23.3 Å². The van der Waals surface area contributed by atoms with Gasteiger partial charge in [0.15, 0.2) is 0 Å². The minimum absolute atomic E-state index is 0.0657. The lowest BCUT2D eigenvalue weighted by molar-refractivity contribution is 0.00578. The third kappa shape index (κ3) is 2.74. The molecular weight excluding hydrogens is 272 g/mol. The quantitative estimate of drug-likeness (QED) is 0.588. The lowest BCUT2D eigenvalue weighted by atomic mass is 9.77. The monoisotopic (exact) mass is 295 g/mol. The maximum Gasteiger partial charge on any atom is 0.496 e. The average molecular weight is 296 g/mol. The van der Waals surface area contributed by atoms with Crippen LogP contribution >= 0.6 is 11.6 Å². The van der Waals surface area contributed by atoms with Crippen LogP contribution in [0, 0.1) is 0 Å². The van der Waals surface area contributed by atoms with Gasteiger partial charge in [0.05, 0.1) is 11.2 Å². The van der Waals surface area contributed by atoms with E-state index in [4.69, 9.17) is 20.9 Å². The van der Waals surface area contributed by atoms with Crippen molar-refractivity contribution in [2.45, 2.75) is 65.1 Å². The maximum absolute atomic E-state index is 6.21. The molecule has 2 heterocycles. The van der Waals surface area contributed by atoms with Gasteiger partial charge in [-0.05, 0) is 38.7 Å². The molecule has 1 aromatic heterocycles. The summed E-state index contributed by atoms with van der Waals surface area (Å²) in [5, 5.41) is 0.540. The zero-order valence-electron chi connectivity index (χ0n) is 13.4. The summed E-state index contributed by atoms with van der Waals surface area (Å²) < 4.78 is 12.1. The SMILES string of the molecule is CC(C)(C)c1cc(B2OC(C)(C)C(C)(C)O2)cnc1Cl. The van der Waals surface area contributed by atoms with E-state index in [2.05, 4.69) is 25.8 Å². The number of pyridine rings is 1. The Morgan fingerprint density at radius 1 is 1.10 bits per heavy atom. The summed E-state index contributed by atoms with van der Waals surface area (Å²) >= 11 is 6.21. The van der Waals surface area contributed by atoms with Gasteiger partial charge in [-0.15, -0.1) is 0 Å². The highest BCUT2D eigenvalue weighted by atomic mass is 35.5. The molecule has 0 aliphatic carbocycles. The van der Waals surface area contributed by atoms with Crippen LogP contribution in [0.3, 0.4) is 0 Å². The number of nitrogens with zero attached hydrogens (tertiary/aromatic N) is 1. The molecule has 0 N–H and O–H groups in total. The van der Waals surface area contributed by atoms with Gasteiger partial charge >= 0.3 is 7.12 Å². The van der Waals surface area contributed by atoms with Crippen molar-refractivity contribution in [2.24, 2.45) is 0 Å². The van der Waals surface area contributed by atoms with E-state index in [1.165, 1.54) is 0 Å². The number of rotatable bonds is 1. The zero-order valence-corrected chi connectivity index (χ0v) is 14.1. The smallest absolute Gasteiger partial charge is 0.399 e. The van der Waals surface area contributed by atoms with E-state index < -0.39 is 7.12 Å². The van der Waals surface area contributed by atoms with Crippen molar-refractivity contribution in [3.05, 3.63) is 23.0 Å². The van der Waals surface area contributed by atoms with E-state index in [0.717, 1.165) is 11.0 Å². The van der Waals surface area contributed by atoms with E-state index in [-0.39, 0.29) is 16.6 Å². The second-order valence-corrected chi connectivity index (χ2v) is 7.80. The number of halogens is 1. The van der Waals surface area contributed by atoms with Crippen LogP contribution in [0.1, 0.15) is 54.0 Å². The molecule has 0 spiro atoms. The summed E-state index contributed by atoms with van der Waals surface area (Å²) in [5.41, 5.74) is 1.16. The minimum atomic E-state index is -0.397. The first-order chi connectivity index (χ1) is 8.94. The molecule has 1 aliphatic heterocycles. The number of hydrogen-bond donors (Lipinski definition) is 0. The molecule has 0 bridgehead atoms. The molecule has 1 aromatic rings. The number of hydrogen-bond acceptors (Lipinski definition) is 3. The van der Waals surface area contributed by atoms with Crippen molar-refractivity contribution in [2.75, 3.05) is 0 Å². The van der Waals surface area contributed by atoms with Crippen molar-refractivity contribution >= 4 is 24.2 Å². The van der Waals surface area contributed by atoms with Gasteiger partial charge in [-0.1, -0.05) is 38.4 Å². The van der Waals surface area contributed by atoms with Crippen molar-refractivity contribution in [1.29, 1.82) is 0 Å². The Morgan fingerprint density at radius 3 is 2.05 bits per heavy atom. The summed E-state index contributed by atoms with van der Waals surface area (Å²) in [4.78, 5) is 4.29. The Morgan fingerprint density at radius 2 is 1.60 bits per heavy atom. The van der Waals surface area contributed by atoms with Gasteiger partial charge < -0.3 is 9.31 Å². The van der Waals surface area contributed by atoms with E-state index in [1.807, 2.05) is 33.8 Å². The molecule has 0 saturated carbocycles. The Bertz CT molecular complexity index is 507. The molecule has 110 valence electrons. The van der Waals surface area contributed by atoms with Crippen molar-refractivity contribution in [3.8, 4) is 0 Å². The summed E-state index contributed by atoms with van der Waals surface area (Å²) in [5.74, 6) is 0. The van der Waals surface area contributed by atoms with Crippen LogP contribution in [0.15, 0.2) is 12.3 Å². The van der Waals surface area contributed by atoms with Gasteiger partial charge in [-0.2, -0.15) is 0 Å². The average Bonchev–Trinajstić information content (AvgIpc) is 2.47.